The smallest absolute Gasteiger partial charge is 0.234 e. The minimum atomic E-state index is -0.0603. The van der Waals surface area contributed by atoms with E-state index >= 15 is 0 Å². The van der Waals surface area contributed by atoms with E-state index in [2.05, 4.69) is 24.0 Å². The molecule has 1 saturated carbocycles. The van der Waals surface area contributed by atoms with Crippen molar-refractivity contribution >= 4 is 0 Å². The van der Waals surface area contributed by atoms with E-state index in [1.54, 1.807) is 0 Å². The molecule has 0 radical (unpaired) electrons. The highest BCUT2D eigenvalue weighted by Crippen LogP contribution is 2.37. The van der Waals surface area contributed by atoms with Crippen LogP contribution in [0.5, 0.6) is 0 Å². The van der Waals surface area contributed by atoms with Gasteiger partial charge in [-0.1, -0.05) is 44.7 Å². The maximum Gasteiger partial charge on any atom is 0.234 e. The van der Waals surface area contributed by atoms with Crippen LogP contribution in [0.25, 0.3) is 0 Å². The third-order valence-electron chi connectivity index (χ3n) is 4.40. The number of rotatable bonds is 4. The van der Waals surface area contributed by atoms with Crippen LogP contribution in [0, 0.1) is 0 Å². The number of nitrogens with two attached hydrogens (primary N) is 1. The fraction of sp³-hybridized carbons (Fsp3) is 0.857. The maximum atomic E-state index is 6.03. The second-order valence-electron chi connectivity index (χ2n) is 5.67. The molecular weight excluding hydrogens is 226 g/mol. The van der Waals surface area contributed by atoms with Crippen molar-refractivity contribution < 1.29 is 4.52 Å². The molecule has 1 atom stereocenters. The molecule has 1 aliphatic rings. The van der Waals surface area contributed by atoms with E-state index in [0.29, 0.717) is 12.5 Å². The second kappa shape index (κ2) is 5.83. The highest BCUT2D eigenvalue weighted by atomic mass is 16.5. The lowest BCUT2D eigenvalue weighted by Crippen LogP contribution is -2.35. The fourth-order valence-electron chi connectivity index (χ4n) is 2.74. The molecule has 4 nitrogen and oxygen atoms in total. The van der Waals surface area contributed by atoms with E-state index in [1.807, 2.05) is 0 Å². The van der Waals surface area contributed by atoms with Crippen LogP contribution >= 0.6 is 0 Å². The summed E-state index contributed by atoms with van der Waals surface area (Å²) in [6.07, 6.45) is 8.25. The summed E-state index contributed by atoms with van der Waals surface area (Å²) in [5.74, 6) is 1.98. The van der Waals surface area contributed by atoms with Crippen molar-refractivity contribution in [3.8, 4) is 0 Å². The molecule has 1 heterocycles. The summed E-state index contributed by atoms with van der Waals surface area (Å²) in [4.78, 5) is 4.63. The van der Waals surface area contributed by atoms with Gasteiger partial charge in [-0.15, -0.1) is 0 Å². The van der Waals surface area contributed by atoms with Crippen molar-refractivity contribution in [3.05, 3.63) is 11.7 Å². The van der Waals surface area contributed by atoms with Gasteiger partial charge in [0.15, 0.2) is 5.82 Å². The van der Waals surface area contributed by atoms with Crippen LogP contribution in [-0.4, -0.2) is 16.7 Å². The van der Waals surface area contributed by atoms with E-state index < -0.39 is 0 Å². The summed E-state index contributed by atoms with van der Waals surface area (Å²) in [5, 5.41) is 4.14. The van der Waals surface area contributed by atoms with Gasteiger partial charge in [-0.2, -0.15) is 4.98 Å². The first-order valence-corrected chi connectivity index (χ1v) is 7.26. The number of nitrogens with zero attached hydrogens (tertiary/aromatic N) is 2. The molecule has 1 aromatic rings. The predicted octanol–water partition coefficient (Wildman–Crippen LogP) is 3.13. The molecule has 0 aliphatic heterocycles. The van der Waals surface area contributed by atoms with Gasteiger partial charge in [-0.3, -0.25) is 0 Å². The van der Waals surface area contributed by atoms with Crippen molar-refractivity contribution in [2.45, 2.75) is 70.1 Å². The quantitative estimate of drug-likeness (QED) is 0.835. The van der Waals surface area contributed by atoms with E-state index in [1.165, 1.54) is 25.7 Å². The van der Waals surface area contributed by atoms with Crippen LogP contribution in [0.4, 0.5) is 0 Å². The van der Waals surface area contributed by atoms with E-state index in [0.717, 1.165) is 31.0 Å². The lowest BCUT2D eigenvalue weighted by atomic mass is 9.80. The molecular formula is C14H25N3O. The summed E-state index contributed by atoms with van der Waals surface area (Å²) in [6.45, 7) is 4.90. The molecule has 18 heavy (non-hydrogen) atoms. The first-order chi connectivity index (χ1) is 8.72. The molecule has 0 amide bonds. The average molecular weight is 251 g/mol. The second-order valence-corrected chi connectivity index (χ2v) is 5.67. The molecule has 0 saturated heterocycles. The molecule has 102 valence electrons. The van der Waals surface area contributed by atoms with Gasteiger partial charge in [-0.05, 0) is 19.3 Å². The van der Waals surface area contributed by atoms with Crippen molar-refractivity contribution in [1.82, 2.24) is 10.1 Å². The largest absolute Gasteiger partial charge is 0.339 e. The average Bonchev–Trinajstić information content (AvgIpc) is 2.78. The Morgan fingerprint density at radius 3 is 2.50 bits per heavy atom. The molecule has 1 aliphatic carbocycles. The zero-order chi connectivity index (χ0) is 13.0. The Kier molecular flexibility index (Phi) is 4.38. The Morgan fingerprint density at radius 2 is 1.94 bits per heavy atom. The van der Waals surface area contributed by atoms with Crippen molar-refractivity contribution in [2.24, 2.45) is 5.73 Å². The SMILES string of the molecule is CCC(C)c1noc(C2(CN)CCCCCC2)n1. The number of hydrogen-bond donors (Lipinski definition) is 1. The van der Waals surface area contributed by atoms with Crippen LogP contribution in [-0.2, 0) is 5.41 Å². The molecule has 1 aromatic heterocycles. The van der Waals surface area contributed by atoms with Gasteiger partial charge in [-0.25, -0.2) is 0 Å². The van der Waals surface area contributed by atoms with Crippen LogP contribution in [0.1, 0.15) is 76.4 Å². The Hall–Kier alpha value is -0.900. The van der Waals surface area contributed by atoms with Crippen LogP contribution in [0.3, 0.4) is 0 Å². The number of hydrogen-bond acceptors (Lipinski definition) is 4. The maximum absolute atomic E-state index is 6.03. The molecule has 2 rings (SSSR count). The van der Waals surface area contributed by atoms with Crippen LogP contribution < -0.4 is 5.73 Å². The highest BCUT2D eigenvalue weighted by Gasteiger charge is 2.37. The Labute approximate surface area is 109 Å². The summed E-state index contributed by atoms with van der Waals surface area (Å²) >= 11 is 0. The minimum absolute atomic E-state index is 0.0603. The molecule has 1 fully saturated rings. The van der Waals surface area contributed by atoms with Crippen LogP contribution in [0.15, 0.2) is 4.52 Å². The van der Waals surface area contributed by atoms with E-state index in [-0.39, 0.29) is 5.41 Å². The minimum Gasteiger partial charge on any atom is -0.339 e. The highest BCUT2D eigenvalue weighted by molar-refractivity contribution is 5.08. The first kappa shape index (κ1) is 13.5. The monoisotopic (exact) mass is 251 g/mol. The molecule has 0 spiro atoms. The molecule has 4 heteroatoms. The molecule has 0 aromatic carbocycles. The topological polar surface area (TPSA) is 64.9 Å². The summed E-state index contributed by atoms with van der Waals surface area (Å²) < 4.78 is 5.54. The van der Waals surface area contributed by atoms with Crippen molar-refractivity contribution in [3.63, 3.8) is 0 Å². The zero-order valence-electron chi connectivity index (χ0n) is 11.6. The standard InChI is InChI=1S/C14H25N3O/c1-3-11(2)12-16-13(18-17-12)14(10-15)8-6-4-5-7-9-14/h11H,3-10,15H2,1-2H3. The van der Waals surface area contributed by atoms with Crippen molar-refractivity contribution in [1.29, 1.82) is 0 Å². The normalized spacial score (nSPS) is 21.5. The van der Waals surface area contributed by atoms with Gasteiger partial charge in [0, 0.05) is 12.5 Å². The van der Waals surface area contributed by atoms with Crippen molar-refractivity contribution in [2.75, 3.05) is 6.54 Å². The van der Waals surface area contributed by atoms with E-state index in [9.17, 15) is 0 Å². The van der Waals surface area contributed by atoms with Gasteiger partial charge in [0.2, 0.25) is 5.89 Å². The summed E-state index contributed by atoms with van der Waals surface area (Å²) in [6, 6.07) is 0. The van der Waals surface area contributed by atoms with E-state index in [4.69, 9.17) is 10.3 Å². The lowest BCUT2D eigenvalue weighted by Gasteiger charge is -2.26. The fourth-order valence-corrected chi connectivity index (χ4v) is 2.74. The molecule has 0 bridgehead atoms. The van der Waals surface area contributed by atoms with Gasteiger partial charge in [0.1, 0.15) is 0 Å². The zero-order valence-corrected chi connectivity index (χ0v) is 11.6. The third kappa shape index (κ3) is 2.58. The summed E-state index contributed by atoms with van der Waals surface area (Å²) in [5.41, 5.74) is 5.97. The van der Waals surface area contributed by atoms with Gasteiger partial charge < -0.3 is 10.3 Å². The molecule has 1 unspecified atom stereocenters. The summed E-state index contributed by atoms with van der Waals surface area (Å²) in [7, 11) is 0. The lowest BCUT2D eigenvalue weighted by molar-refractivity contribution is 0.255. The third-order valence-corrected chi connectivity index (χ3v) is 4.40. The Balaban J connectivity index is 2.23. The first-order valence-electron chi connectivity index (χ1n) is 7.26. The Bertz CT molecular complexity index is 367. The van der Waals surface area contributed by atoms with Gasteiger partial charge in [0.05, 0.1) is 5.41 Å². The van der Waals surface area contributed by atoms with Gasteiger partial charge >= 0.3 is 0 Å². The predicted molar refractivity (Wildman–Crippen MR) is 71.4 cm³/mol. The molecule has 2 N–H and O–H groups in total. The van der Waals surface area contributed by atoms with Crippen LogP contribution in [0.2, 0.25) is 0 Å². The van der Waals surface area contributed by atoms with Gasteiger partial charge in [0.25, 0.3) is 0 Å². The number of aromatic nitrogens is 2. The Morgan fingerprint density at radius 1 is 1.28 bits per heavy atom.